The molecule has 8 aromatic carbocycles. The smallest absolute Gasteiger partial charge is 0.129 e. The van der Waals surface area contributed by atoms with Crippen LogP contribution in [0.25, 0.3) is 71.9 Å². The van der Waals surface area contributed by atoms with E-state index in [1.807, 2.05) is 36.4 Å². The molecule has 0 atom stereocenters. The van der Waals surface area contributed by atoms with Crippen molar-refractivity contribution in [3.05, 3.63) is 193 Å². The first kappa shape index (κ1) is 33.5. The van der Waals surface area contributed by atoms with E-state index in [4.69, 9.17) is 8.75 Å². The number of rotatable bonds is 7. The van der Waals surface area contributed by atoms with E-state index in [1.165, 1.54) is 48.1 Å². The van der Waals surface area contributed by atoms with Gasteiger partial charge >= 0.3 is 0 Å². The molecule has 0 radical (unpaired) electrons. The Kier molecular flexibility index (Phi) is 8.19. The Morgan fingerprint density at radius 2 is 0.911 bits per heavy atom. The van der Waals surface area contributed by atoms with Crippen molar-refractivity contribution in [3.8, 4) is 39.1 Å². The topological polar surface area (TPSA) is 34.0 Å². The summed E-state index contributed by atoms with van der Waals surface area (Å²) in [6.07, 6.45) is 0. The van der Waals surface area contributed by atoms with E-state index in [1.54, 1.807) is 36.4 Å². The molecule has 0 spiro atoms. The molecule has 0 bridgehead atoms. The van der Waals surface area contributed by atoms with Crippen LogP contribution in [0.1, 0.15) is 0 Å². The van der Waals surface area contributed by atoms with Gasteiger partial charge in [0, 0.05) is 33.4 Å². The first-order valence-electron chi connectivity index (χ1n) is 18.1. The van der Waals surface area contributed by atoms with Gasteiger partial charge in [0.2, 0.25) is 0 Å². The Bertz CT molecular complexity index is 2940. The SMILES string of the molecule is Fc1ccc(-c2ccc(N(c3ccc(-c4ccc(F)cc4)cc3)c3ccc(-c4ccc5c(c4)c4ccccc4n5-c4ccc(F)cc4)c4nsnc34)cc2)cc1. The van der Waals surface area contributed by atoms with Gasteiger partial charge in [-0.3, -0.25) is 0 Å². The summed E-state index contributed by atoms with van der Waals surface area (Å²) in [6.45, 7) is 0. The van der Waals surface area contributed by atoms with Crippen LogP contribution >= 0.6 is 11.7 Å². The lowest BCUT2D eigenvalue weighted by Crippen LogP contribution is -2.10. The van der Waals surface area contributed by atoms with Gasteiger partial charge in [0.05, 0.1) is 28.4 Å². The molecule has 0 unspecified atom stereocenters. The highest BCUT2D eigenvalue weighted by atomic mass is 32.1. The standard InChI is InChI=1S/C48H29F3N4S/c49-35-14-5-30(6-15-35)32-9-20-38(21-10-32)54(39-22-11-33(12-23-39)31-7-16-36(50)17-8-31)46-28-26-41(47-48(46)53-56-52-47)34-13-27-45-43(29-34)42-3-1-2-4-44(42)55(45)40-24-18-37(51)19-25-40/h1-29H. The van der Waals surface area contributed by atoms with Gasteiger partial charge in [-0.25, -0.2) is 13.2 Å². The Hall–Kier alpha value is -7.03. The molecule has 10 rings (SSSR count). The monoisotopic (exact) mass is 750 g/mol. The van der Waals surface area contributed by atoms with Crippen LogP contribution in [0.5, 0.6) is 0 Å². The zero-order valence-electron chi connectivity index (χ0n) is 29.6. The molecule has 0 amide bonds. The van der Waals surface area contributed by atoms with Crippen molar-refractivity contribution >= 4 is 61.6 Å². The van der Waals surface area contributed by atoms with E-state index >= 15 is 0 Å². The highest BCUT2D eigenvalue weighted by Crippen LogP contribution is 2.43. The quantitative estimate of drug-likeness (QED) is 0.163. The van der Waals surface area contributed by atoms with Crippen molar-refractivity contribution in [1.82, 2.24) is 13.3 Å². The van der Waals surface area contributed by atoms with Crippen molar-refractivity contribution in [1.29, 1.82) is 0 Å². The van der Waals surface area contributed by atoms with E-state index < -0.39 is 0 Å². The molecular weight excluding hydrogens is 722 g/mol. The molecule has 0 aliphatic heterocycles. The minimum absolute atomic E-state index is 0.274. The molecule has 0 saturated carbocycles. The van der Waals surface area contributed by atoms with Crippen LogP contribution in [0.4, 0.5) is 30.2 Å². The maximum atomic E-state index is 13.9. The second-order valence-corrected chi connectivity index (χ2v) is 14.1. The second-order valence-electron chi connectivity index (χ2n) is 13.6. The predicted molar refractivity (Wildman–Crippen MR) is 223 cm³/mol. The van der Waals surface area contributed by atoms with Crippen LogP contribution in [0.15, 0.2) is 176 Å². The van der Waals surface area contributed by atoms with E-state index in [2.05, 4.69) is 76.2 Å². The molecule has 0 aliphatic rings. The zero-order chi connectivity index (χ0) is 37.8. The van der Waals surface area contributed by atoms with E-state index in [0.29, 0.717) is 0 Å². The van der Waals surface area contributed by atoms with Crippen molar-refractivity contribution in [2.75, 3.05) is 4.90 Å². The third-order valence-electron chi connectivity index (χ3n) is 10.3. The molecule has 8 heteroatoms. The van der Waals surface area contributed by atoms with E-state index in [9.17, 15) is 13.2 Å². The summed E-state index contributed by atoms with van der Waals surface area (Å²) in [5, 5.41) is 2.17. The molecular formula is C48H29F3N4S. The fraction of sp³-hybridized carbons (Fsp3) is 0. The number of hydrogen-bond donors (Lipinski definition) is 0. The van der Waals surface area contributed by atoms with E-state index in [0.717, 1.165) is 89.0 Å². The molecule has 2 aromatic heterocycles. The van der Waals surface area contributed by atoms with Crippen molar-refractivity contribution in [3.63, 3.8) is 0 Å². The number of fused-ring (bicyclic) bond motifs is 4. The molecule has 0 aliphatic carbocycles. The largest absolute Gasteiger partial charge is 0.309 e. The number of para-hydroxylation sites is 1. The highest BCUT2D eigenvalue weighted by molar-refractivity contribution is 7.00. The van der Waals surface area contributed by atoms with Gasteiger partial charge in [-0.05, 0) is 131 Å². The molecule has 4 nitrogen and oxygen atoms in total. The Morgan fingerprint density at radius 1 is 0.429 bits per heavy atom. The molecule has 268 valence electrons. The van der Waals surface area contributed by atoms with Crippen molar-refractivity contribution in [2.45, 2.75) is 0 Å². The highest BCUT2D eigenvalue weighted by Gasteiger charge is 2.21. The van der Waals surface area contributed by atoms with Gasteiger partial charge in [0.1, 0.15) is 28.5 Å². The Morgan fingerprint density at radius 3 is 1.50 bits per heavy atom. The lowest BCUT2D eigenvalue weighted by Gasteiger charge is -2.26. The predicted octanol–water partition coefficient (Wildman–Crippen LogP) is 13.7. The summed E-state index contributed by atoms with van der Waals surface area (Å²) in [4.78, 5) is 2.16. The fourth-order valence-electron chi connectivity index (χ4n) is 7.59. The molecule has 56 heavy (non-hydrogen) atoms. The molecule has 0 N–H and O–H groups in total. The minimum Gasteiger partial charge on any atom is -0.309 e. The third kappa shape index (κ3) is 5.88. The van der Waals surface area contributed by atoms with Gasteiger partial charge in [-0.1, -0.05) is 72.8 Å². The van der Waals surface area contributed by atoms with Gasteiger partial charge in [0.25, 0.3) is 0 Å². The maximum absolute atomic E-state index is 13.9. The molecule has 10 aromatic rings. The minimum atomic E-state index is -0.276. The summed E-state index contributed by atoms with van der Waals surface area (Å²) in [5.74, 6) is -0.827. The number of nitrogens with zero attached hydrogens (tertiary/aromatic N) is 4. The Balaban J connectivity index is 1.10. The fourth-order valence-corrected chi connectivity index (χ4v) is 8.16. The number of benzene rings is 8. The summed E-state index contributed by atoms with van der Waals surface area (Å²) in [5.41, 5.74) is 12.9. The average molecular weight is 751 g/mol. The molecule has 2 heterocycles. The van der Waals surface area contributed by atoms with Gasteiger partial charge in [0.15, 0.2) is 0 Å². The second kappa shape index (κ2) is 13.7. The number of aromatic nitrogens is 3. The first-order valence-corrected chi connectivity index (χ1v) is 18.8. The average Bonchev–Trinajstić information content (AvgIpc) is 3.86. The van der Waals surface area contributed by atoms with Crippen LogP contribution in [0.3, 0.4) is 0 Å². The normalized spacial score (nSPS) is 11.5. The third-order valence-corrected chi connectivity index (χ3v) is 10.8. The lowest BCUT2D eigenvalue weighted by molar-refractivity contribution is 0.627. The zero-order valence-corrected chi connectivity index (χ0v) is 30.4. The number of hydrogen-bond acceptors (Lipinski definition) is 4. The number of anilines is 3. The maximum Gasteiger partial charge on any atom is 0.129 e. The van der Waals surface area contributed by atoms with Crippen LogP contribution < -0.4 is 4.90 Å². The van der Waals surface area contributed by atoms with Crippen LogP contribution in [0, 0.1) is 17.5 Å². The van der Waals surface area contributed by atoms with Crippen molar-refractivity contribution in [2.24, 2.45) is 0 Å². The molecule has 0 fully saturated rings. The van der Waals surface area contributed by atoms with E-state index in [-0.39, 0.29) is 17.5 Å². The first-order chi connectivity index (χ1) is 27.5. The van der Waals surface area contributed by atoms with Gasteiger partial charge in [-0.15, -0.1) is 0 Å². The number of halogens is 3. The summed E-state index contributed by atoms with van der Waals surface area (Å²) in [7, 11) is 0. The van der Waals surface area contributed by atoms with Crippen LogP contribution in [-0.2, 0) is 0 Å². The van der Waals surface area contributed by atoms with Crippen LogP contribution in [-0.4, -0.2) is 13.3 Å². The van der Waals surface area contributed by atoms with Gasteiger partial charge < -0.3 is 9.47 Å². The van der Waals surface area contributed by atoms with Crippen LogP contribution in [0.2, 0.25) is 0 Å². The lowest BCUT2D eigenvalue weighted by atomic mass is 9.99. The van der Waals surface area contributed by atoms with Crippen molar-refractivity contribution < 1.29 is 13.2 Å². The molecule has 0 saturated heterocycles. The summed E-state index contributed by atoms with van der Waals surface area (Å²) < 4.78 is 53.2. The Labute approximate surface area is 324 Å². The van der Waals surface area contributed by atoms with Gasteiger partial charge in [-0.2, -0.15) is 8.75 Å². The summed E-state index contributed by atoms with van der Waals surface area (Å²) >= 11 is 1.17. The summed E-state index contributed by atoms with van der Waals surface area (Å²) in [6, 6.07) is 54.8.